The molecule has 28 heavy (non-hydrogen) atoms. The molecule has 0 heteroatoms. The second-order valence-corrected chi connectivity index (χ2v) is 12.7. The Kier molecular flexibility index (Phi) is 5.64. The van der Waals surface area contributed by atoms with Gasteiger partial charge in [-0.05, 0) is 122 Å². The molecule has 11 atom stereocenters. The fourth-order valence-electron chi connectivity index (χ4n) is 10.3. The van der Waals surface area contributed by atoms with Crippen molar-refractivity contribution in [2.45, 2.75) is 105 Å². The molecular formula is C28H48. The zero-order chi connectivity index (χ0) is 19.4. The number of rotatable bonds is 7. The lowest BCUT2D eigenvalue weighted by Crippen LogP contribution is -2.22. The smallest absolute Gasteiger partial charge is 0.0323 e. The Bertz CT molecular complexity index is 534. The lowest BCUT2D eigenvalue weighted by atomic mass is 9.76. The van der Waals surface area contributed by atoms with Crippen molar-refractivity contribution in [1.29, 1.82) is 0 Å². The maximum absolute atomic E-state index is 2.60. The van der Waals surface area contributed by atoms with E-state index in [0.717, 1.165) is 65.1 Å². The topological polar surface area (TPSA) is 0 Å². The molecule has 0 nitrogen and oxygen atoms in total. The van der Waals surface area contributed by atoms with Gasteiger partial charge in [-0.3, -0.25) is 0 Å². The van der Waals surface area contributed by atoms with E-state index in [9.17, 15) is 0 Å². The molecule has 0 N–H and O–H groups in total. The van der Waals surface area contributed by atoms with Crippen molar-refractivity contribution < 1.29 is 0 Å². The lowest BCUT2D eigenvalue weighted by Gasteiger charge is -2.29. The van der Waals surface area contributed by atoms with Gasteiger partial charge < -0.3 is 0 Å². The minimum absolute atomic E-state index is 0.939. The molecule has 5 saturated carbocycles. The molecular weight excluding hydrogens is 336 g/mol. The summed E-state index contributed by atoms with van der Waals surface area (Å²) in [5, 5.41) is 0. The van der Waals surface area contributed by atoms with E-state index in [4.69, 9.17) is 0 Å². The summed E-state index contributed by atoms with van der Waals surface area (Å²) in [6.07, 6.45) is 18.8. The van der Waals surface area contributed by atoms with E-state index in [-0.39, 0.29) is 0 Å². The molecule has 0 aromatic heterocycles. The molecule has 0 heterocycles. The third-order valence-corrected chi connectivity index (χ3v) is 11.2. The molecule has 0 saturated heterocycles. The summed E-state index contributed by atoms with van der Waals surface area (Å²) < 4.78 is 0. The normalized spacial score (nSPS) is 52.0. The Morgan fingerprint density at radius 1 is 0.714 bits per heavy atom. The van der Waals surface area contributed by atoms with Gasteiger partial charge in [0.05, 0.1) is 0 Å². The van der Waals surface area contributed by atoms with E-state index in [1.165, 1.54) is 31.6 Å². The van der Waals surface area contributed by atoms with Gasteiger partial charge in [0.1, 0.15) is 0 Å². The zero-order valence-electron chi connectivity index (χ0n) is 19.4. The van der Waals surface area contributed by atoms with Crippen LogP contribution in [-0.2, 0) is 0 Å². The Labute approximate surface area is 176 Å². The predicted molar refractivity (Wildman–Crippen MR) is 120 cm³/mol. The van der Waals surface area contributed by atoms with Crippen molar-refractivity contribution in [3.63, 3.8) is 0 Å². The molecule has 0 aromatic carbocycles. The monoisotopic (exact) mass is 384 g/mol. The van der Waals surface area contributed by atoms with E-state index in [0.29, 0.717) is 0 Å². The second kappa shape index (κ2) is 7.92. The van der Waals surface area contributed by atoms with Crippen molar-refractivity contribution in [3.8, 4) is 0 Å². The molecule has 5 aliphatic rings. The number of unbranched alkanes of at least 4 members (excludes halogenated alkanes) is 3. The van der Waals surface area contributed by atoms with Crippen LogP contribution in [0.4, 0.5) is 0 Å². The van der Waals surface area contributed by atoms with Gasteiger partial charge in [-0.15, -0.1) is 0 Å². The van der Waals surface area contributed by atoms with E-state index in [1.807, 2.05) is 0 Å². The van der Waals surface area contributed by atoms with Crippen LogP contribution < -0.4 is 0 Å². The van der Waals surface area contributed by atoms with Crippen LogP contribution in [-0.4, -0.2) is 0 Å². The third-order valence-electron chi connectivity index (χ3n) is 11.2. The van der Waals surface area contributed by atoms with E-state index >= 15 is 0 Å². The van der Waals surface area contributed by atoms with Crippen LogP contribution in [0.2, 0.25) is 0 Å². The fraction of sp³-hybridized carbons (Fsp3) is 1.00. The standard InChI is InChI=1S/C28H48/c1-5-6-7-8-9-22-18(4)12-19-13-20(14-26(19)22)27-16-21-15-25(17(2)3)23-10-11-24(27)28(21)23/h17-28H,5-16H2,1-4H3. The summed E-state index contributed by atoms with van der Waals surface area (Å²) >= 11 is 0. The molecule has 0 radical (unpaired) electrons. The van der Waals surface area contributed by atoms with Crippen LogP contribution >= 0.6 is 0 Å². The van der Waals surface area contributed by atoms with Crippen LogP contribution in [0.5, 0.6) is 0 Å². The first-order chi connectivity index (χ1) is 13.6. The molecule has 0 spiro atoms. The lowest BCUT2D eigenvalue weighted by molar-refractivity contribution is 0.198. The van der Waals surface area contributed by atoms with Crippen molar-refractivity contribution >= 4 is 0 Å². The molecule has 5 aliphatic carbocycles. The summed E-state index contributed by atoms with van der Waals surface area (Å²) in [4.78, 5) is 0. The summed E-state index contributed by atoms with van der Waals surface area (Å²) in [6, 6.07) is 0. The molecule has 0 bridgehead atoms. The Hall–Kier alpha value is 0. The van der Waals surface area contributed by atoms with Crippen LogP contribution in [0.25, 0.3) is 0 Å². The van der Waals surface area contributed by atoms with Crippen LogP contribution in [0.1, 0.15) is 105 Å². The maximum atomic E-state index is 2.60. The Balaban J connectivity index is 1.21. The summed E-state index contributed by atoms with van der Waals surface area (Å²) in [5.41, 5.74) is 0. The van der Waals surface area contributed by atoms with Gasteiger partial charge in [-0.2, -0.15) is 0 Å². The molecule has 0 aromatic rings. The van der Waals surface area contributed by atoms with Gasteiger partial charge in [0, 0.05) is 0 Å². The first-order valence-corrected chi connectivity index (χ1v) is 13.6. The maximum Gasteiger partial charge on any atom is -0.0323 e. The average Bonchev–Trinajstić information content (AvgIpc) is 3.41. The number of hydrogen-bond acceptors (Lipinski definition) is 0. The van der Waals surface area contributed by atoms with Crippen molar-refractivity contribution in [1.82, 2.24) is 0 Å². The highest BCUT2D eigenvalue weighted by Crippen LogP contribution is 2.67. The molecule has 0 amide bonds. The van der Waals surface area contributed by atoms with Gasteiger partial charge in [0.15, 0.2) is 0 Å². The van der Waals surface area contributed by atoms with Crippen LogP contribution in [0, 0.1) is 71.0 Å². The van der Waals surface area contributed by atoms with Crippen LogP contribution in [0.15, 0.2) is 0 Å². The molecule has 0 aliphatic heterocycles. The zero-order valence-corrected chi connectivity index (χ0v) is 19.4. The first-order valence-electron chi connectivity index (χ1n) is 13.6. The van der Waals surface area contributed by atoms with Gasteiger partial charge in [-0.25, -0.2) is 0 Å². The summed E-state index contributed by atoms with van der Waals surface area (Å²) in [5.74, 6) is 13.3. The second-order valence-electron chi connectivity index (χ2n) is 12.7. The number of hydrogen-bond donors (Lipinski definition) is 0. The minimum atomic E-state index is 0.939. The van der Waals surface area contributed by atoms with Gasteiger partial charge in [0.2, 0.25) is 0 Å². The molecule has 5 rings (SSSR count). The molecule has 11 unspecified atom stereocenters. The van der Waals surface area contributed by atoms with E-state index in [2.05, 4.69) is 27.7 Å². The van der Waals surface area contributed by atoms with Gasteiger partial charge >= 0.3 is 0 Å². The van der Waals surface area contributed by atoms with Crippen molar-refractivity contribution in [2.75, 3.05) is 0 Å². The van der Waals surface area contributed by atoms with E-state index < -0.39 is 0 Å². The highest BCUT2D eigenvalue weighted by molar-refractivity contribution is 5.08. The minimum Gasteiger partial charge on any atom is -0.0654 e. The molecule has 5 fully saturated rings. The SMILES string of the molecule is CCCCCCC1C(C)CC2CC(C3CC4CC(C(C)C)C5CCC3C45)CC21. The van der Waals surface area contributed by atoms with Crippen molar-refractivity contribution in [3.05, 3.63) is 0 Å². The number of fused-ring (bicyclic) bond motifs is 1. The first kappa shape index (κ1) is 19.9. The quantitative estimate of drug-likeness (QED) is 0.388. The van der Waals surface area contributed by atoms with Gasteiger partial charge in [0.25, 0.3) is 0 Å². The molecule has 160 valence electrons. The van der Waals surface area contributed by atoms with E-state index in [1.54, 1.807) is 51.4 Å². The largest absolute Gasteiger partial charge is 0.0654 e. The Morgan fingerprint density at radius 2 is 1.46 bits per heavy atom. The average molecular weight is 385 g/mol. The predicted octanol–water partition coefficient (Wildman–Crippen LogP) is 8.21. The summed E-state index contributed by atoms with van der Waals surface area (Å²) in [7, 11) is 0. The third kappa shape index (κ3) is 3.22. The highest BCUT2D eigenvalue weighted by Gasteiger charge is 2.59. The Morgan fingerprint density at radius 3 is 2.25 bits per heavy atom. The highest BCUT2D eigenvalue weighted by atomic mass is 14.6. The summed E-state index contributed by atoms with van der Waals surface area (Å²) in [6.45, 7) is 9.97. The van der Waals surface area contributed by atoms with Gasteiger partial charge in [-0.1, -0.05) is 53.4 Å². The van der Waals surface area contributed by atoms with Crippen LogP contribution in [0.3, 0.4) is 0 Å². The fourth-order valence-corrected chi connectivity index (χ4v) is 10.3. The van der Waals surface area contributed by atoms with Crippen molar-refractivity contribution in [2.24, 2.45) is 71.0 Å².